The second kappa shape index (κ2) is 5.29. The molecule has 0 radical (unpaired) electrons. The van der Waals surface area contributed by atoms with E-state index in [0.29, 0.717) is 6.61 Å². The van der Waals surface area contributed by atoms with Crippen molar-refractivity contribution in [3.05, 3.63) is 40.9 Å². The molecular formula is C12H15N2O3-. The Morgan fingerprint density at radius 3 is 2.82 bits per heavy atom. The minimum atomic E-state index is -1.14. The van der Waals surface area contributed by atoms with Crippen LogP contribution in [-0.4, -0.2) is 18.3 Å². The average Bonchev–Trinajstić information content (AvgIpc) is 2.72. The number of methoxy groups -OCH3 is 1. The van der Waals surface area contributed by atoms with E-state index in [-0.39, 0.29) is 5.69 Å². The lowest BCUT2D eigenvalue weighted by atomic mass is 10.2. The molecule has 1 N–H and O–H groups in total. The van der Waals surface area contributed by atoms with Crippen molar-refractivity contribution in [1.29, 1.82) is 0 Å². The molecule has 0 fully saturated rings. The van der Waals surface area contributed by atoms with Crippen molar-refractivity contribution in [1.82, 2.24) is 4.57 Å². The summed E-state index contributed by atoms with van der Waals surface area (Å²) in [5.74, 6) is 0. The van der Waals surface area contributed by atoms with E-state index >= 15 is 0 Å². The number of hydrogen-bond donors (Lipinski definition) is 1. The summed E-state index contributed by atoms with van der Waals surface area (Å²) in [7, 11) is 1.67. The van der Waals surface area contributed by atoms with Gasteiger partial charge in [-0.1, -0.05) is 0 Å². The first kappa shape index (κ1) is 12.1. The topological polar surface area (TPSA) is 64.7 Å². The minimum Gasteiger partial charge on any atom is -0.628 e. The zero-order chi connectivity index (χ0) is 12.3. The molecule has 0 amide bonds. The zero-order valence-corrected chi connectivity index (χ0v) is 9.68. The molecule has 1 aromatic carbocycles. The van der Waals surface area contributed by atoms with Gasteiger partial charge in [0.05, 0.1) is 5.52 Å². The number of aromatic nitrogens is 1. The number of rotatable bonds is 5. The van der Waals surface area contributed by atoms with Crippen molar-refractivity contribution in [2.75, 3.05) is 13.7 Å². The lowest BCUT2D eigenvalue weighted by molar-refractivity contribution is -0.715. The summed E-state index contributed by atoms with van der Waals surface area (Å²) in [5, 5.41) is 21.5. The Labute approximate surface area is 99.4 Å². The summed E-state index contributed by atoms with van der Waals surface area (Å²) in [6, 6.07) is 6.99. The minimum absolute atomic E-state index is 0.212. The highest BCUT2D eigenvalue weighted by molar-refractivity contribution is 5.82. The molecule has 0 aliphatic rings. The van der Waals surface area contributed by atoms with Gasteiger partial charge in [0, 0.05) is 44.0 Å². The van der Waals surface area contributed by atoms with Crippen LogP contribution in [0.15, 0.2) is 30.5 Å². The third-order valence-corrected chi connectivity index (χ3v) is 2.76. The molecule has 0 aliphatic carbocycles. The van der Waals surface area contributed by atoms with E-state index in [1.807, 2.05) is 16.8 Å². The van der Waals surface area contributed by atoms with Crippen LogP contribution in [-0.2, 0) is 11.3 Å². The maximum atomic E-state index is 10.8. The van der Waals surface area contributed by atoms with E-state index in [0.717, 1.165) is 23.9 Å². The zero-order valence-electron chi connectivity index (χ0n) is 9.68. The highest BCUT2D eigenvalue weighted by atomic mass is 16.8. The Kier molecular flexibility index (Phi) is 3.75. The number of nitrogens with zero attached hydrogens (tertiary/aromatic N) is 1. The molecule has 0 saturated carbocycles. The first-order chi connectivity index (χ1) is 8.22. The molecule has 0 spiro atoms. The van der Waals surface area contributed by atoms with Gasteiger partial charge in [-0.25, -0.2) is 0 Å². The molecule has 0 unspecified atom stereocenters. The summed E-state index contributed by atoms with van der Waals surface area (Å²) < 4.78 is 7.03. The smallest absolute Gasteiger partial charge is 0.133 e. The van der Waals surface area contributed by atoms with Gasteiger partial charge >= 0.3 is 0 Å². The fraction of sp³-hybridized carbons (Fsp3) is 0.333. The van der Waals surface area contributed by atoms with E-state index in [2.05, 4.69) is 0 Å². The Hall–Kier alpha value is -1.40. The van der Waals surface area contributed by atoms with Gasteiger partial charge in [0.15, 0.2) is 0 Å². The van der Waals surface area contributed by atoms with E-state index in [1.54, 1.807) is 25.3 Å². The summed E-state index contributed by atoms with van der Waals surface area (Å²) in [5.41, 5.74) is 1.13. The quantitative estimate of drug-likeness (QED) is 0.625. The van der Waals surface area contributed by atoms with Crippen LogP contribution in [0.4, 0.5) is 5.69 Å². The van der Waals surface area contributed by atoms with Gasteiger partial charge in [0.2, 0.25) is 0 Å². The van der Waals surface area contributed by atoms with Crippen LogP contribution < -0.4 is 5.23 Å². The maximum Gasteiger partial charge on any atom is 0.133 e. The maximum absolute atomic E-state index is 10.8. The van der Waals surface area contributed by atoms with Gasteiger partial charge in [-0.05, 0) is 18.6 Å². The predicted octanol–water partition coefficient (Wildman–Crippen LogP) is 1.19. The molecule has 1 heterocycles. The highest BCUT2D eigenvalue weighted by Crippen LogP contribution is 2.19. The number of ether oxygens (including phenoxy) is 1. The summed E-state index contributed by atoms with van der Waals surface area (Å²) in [6.07, 6.45) is 2.86. The number of aryl methyl sites for hydroxylation is 1. The standard InChI is InChI=1S/C12H15N2O3/c1-17-8-2-6-13-7-5-10-3-4-11(14(15)16)9-12(10)13/h3-5,7,9,14H,2,6,8H2,1H3/q-1. The van der Waals surface area contributed by atoms with Crippen molar-refractivity contribution in [3.63, 3.8) is 0 Å². The number of nitrogens with one attached hydrogen (secondary N) is 1. The SMILES string of the molecule is COCCCn1ccc2ccc([NH+]([O-])[O-])cc21. The third kappa shape index (κ3) is 2.65. The van der Waals surface area contributed by atoms with Crippen LogP contribution in [0.2, 0.25) is 0 Å². The van der Waals surface area contributed by atoms with Gasteiger partial charge in [-0.2, -0.15) is 0 Å². The predicted molar refractivity (Wildman–Crippen MR) is 65.8 cm³/mol. The second-order valence-electron chi connectivity index (χ2n) is 3.92. The lowest BCUT2D eigenvalue weighted by Gasteiger charge is -2.24. The first-order valence-electron chi connectivity index (χ1n) is 5.51. The monoisotopic (exact) mass is 235 g/mol. The van der Waals surface area contributed by atoms with Crippen LogP contribution in [0.1, 0.15) is 6.42 Å². The number of quaternary nitrogens is 1. The van der Waals surface area contributed by atoms with Gasteiger partial charge < -0.3 is 24.9 Å². The molecule has 5 nitrogen and oxygen atoms in total. The Balaban J connectivity index is 2.26. The molecule has 5 heteroatoms. The van der Waals surface area contributed by atoms with Gasteiger partial charge in [0.1, 0.15) is 5.69 Å². The molecule has 0 bridgehead atoms. The Morgan fingerprint density at radius 1 is 1.29 bits per heavy atom. The molecular weight excluding hydrogens is 220 g/mol. The van der Waals surface area contributed by atoms with E-state index < -0.39 is 5.23 Å². The summed E-state index contributed by atoms with van der Waals surface area (Å²) in [6.45, 7) is 1.51. The van der Waals surface area contributed by atoms with Gasteiger partial charge in [-0.15, -0.1) is 0 Å². The fourth-order valence-corrected chi connectivity index (χ4v) is 1.89. The lowest BCUT2D eigenvalue weighted by Crippen LogP contribution is -2.96. The summed E-state index contributed by atoms with van der Waals surface area (Å²) >= 11 is 0. The van der Waals surface area contributed by atoms with Crippen LogP contribution in [0.25, 0.3) is 10.9 Å². The molecule has 2 aromatic rings. The molecule has 92 valence electrons. The van der Waals surface area contributed by atoms with E-state index in [1.165, 1.54) is 0 Å². The van der Waals surface area contributed by atoms with Crippen LogP contribution >= 0.6 is 0 Å². The van der Waals surface area contributed by atoms with Crippen LogP contribution in [0, 0.1) is 10.4 Å². The molecule has 0 atom stereocenters. The Bertz CT molecular complexity index is 493. The number of hydrogen-bond acceptors (Lipinski definition) is 3. The van der Waals surface area contributed by atoms with E-state index in [9.17, 15) is 10.4 Å². The van der Waals surface area contributed by atoms with Gasteiger partial charge in [-0.3, -0.25) is 0 Å². The van der Waals surface area contributed by atoms with Crippen molar-refractivity contribution < 1.29 is 9.96 Å². The van der Waals surface area contributed by atoms with Crippen molar-refractivity contribution in [2.45, 2.75) is 13.0 Å². The second-order valence-corrected chi connectivity index (χ2v) is 3.92. The molecule has 0 saturated heterocycles. The molecule has 17 heavy (non-hydrogen) atoms. The molecule has 1 aromatic heterocycles. The number of fused-ring (bicyclic) bond motifs is 1. The van der Waals surface area contributed by atoms with Crippen LogP contribution in [0.5, 0.6) is 0 Å². The van der Waals surface area contributed by atoms with Gasteiger partial charge in [0.25, 0.3) is 0 Å². The van der Waals surface area contributed by atoms with Crippen molar-refractivity contribution >= 4 is 16.6 Å². The fourth-order valence-electron chi connectivity index (χ4n) is 1.89. The first-order valence-corrected chi connectivity index (χ1v) is 5.51. The Morgan fingerprint density at radius 2 is 2.12 bits per heavy atom. The van der Waals surface area contributed by atoms with E-state index in [4.69, 9.17) is 4.74 Å². The molecule has 2 rings (SSSR count). The van der Waals surface area contributed by atoms with Crippen LogP contribution in [0.3, 0.4) is 0 Å². The average molecular weight is 235 g/mol. The van der Waals surface area contributed by atoms with Crippen molar-refractivity contribution in [3.8, 4) is 0 Å². The third-order valence-electron chi connectivity index (χ3n) is 2.76. The normalized spacial score (nSPS) is 11.5. The van der Waals surface area contributed by atoms with Crippen molar-refractivity contribution in [2.24, 2.45) is 0 Å². The largest absolute Gasteiger partial charge is 0.628 e. The molecule has 0 aliphatic heterocycles. The highest BCUT2D eigenvalue weighted by Gasteiger charge is 2.03. The number of benzene rings is 1. The summed E-state index contributed by atoms with van der Waals surface area (Å²) in [4.78, 5) is 0.